The Bertz CT molecular complexity index is 669. The number of hydrogen-bond donors (Lipinski definition) is 1. The van der Waals surface area contributed by atoms with Crippen molar-refractivity contribution in [3.63, 3.8) is 0 Å². The molecule has 0 amide bonds. The summed E-state index contributed by atoms with van der Waals surface area (Å²) in [6.45, 7) is 8.69. The first-order chi connectivity index (χ1) is 11.5. The van der Waals surface area contributed by atoms with Crippen LogP contribution in [0.25, 0.3) is 0 Å². The number of nitrogens with zero attached hydrogens (tertiary/aromatic N) is 4. The molecule has 2 heterocycles. The van der Waals surface area contributed by atoms with Gasteiger partial charge in [-0.25, -0.2) is 0 Å². The van der Waals surface area contributed by atoms with Gasteiger partial charge in [0.2, 0.25) is 5.95 Å². The monoisotopic (exact) mass is 325 g/mol. The number of hydrogen-bond acceptors (Lipinski definition) is 5. The third-order valence-electron chi connectivity index (χ3n) is 4.43. The molecule has 1 aliphatic rings. The van der Waals surface area contributed by atoms with E-state index in [1.807, 2.05) is 6.07 Å². The van der Waals surface area contributed by atoms with Crippen LogP contribution >= 0.6 is 0 Å². The van der Waals surface area contributed by atoms with E-state index in [0.717, 1.165) is 30.5 Å². The van der Waals surface area contributed by atoms with E-state index in [2.05, 4.69) is 59.4 Å². The van der Waals surface area contributed by atoms with Crippen molar-refractivity contribution >= 4 is 17.5 Å². The minimum atomic E-state index is 0.0671. The summed E-state index contributed by atoms with van der Waals surface area (Å²) in [5.74, 6) is 1.48. The van der Waals surface area contributed by atoms with Crippen molar-refractivity contribution in [3.05, 3.63) is 36.0 Å². The highest BCUT2D eigenvalue weighted by Crippen LogP contribution is 2.31. The zero-order chi connectivity index (χ0) is 17.0. The molecule has 128 valence electrons. The topological polar surface area (TPSA) is 53.9 Å². The van der Waals surface area contributed by atoms with Crippen LogP contribution in [0.3, 0.4) is 0 Å². The van der Waals surface area contributed by atoms with E-state index in [1.165, 1.54) is 31.2 Å². The maximum Gasteiger partial charge on any atom is 0.247 e. The minimum absolute atomic E-state index is 0.0671. The molecule has 0 atom stereocenters. The Balaban J connectivity index is 1.83. The van der Waals surface area contributed by atoms with Gasteiger partial charge in [0.05, 0.1) is 6.20 Å². The summed E-state index contributed by atoms with van der Waals surface area (Å²) in [4.78, 5) is 6.95. The van der Waals surface area contributed by atoms with Crippen molar-refractivity contribution in [2.75, 3.05) is 23.3 Å². The molecule has 1 aliphatic heterocycles. The van der Waals surface area contributed by atoms with Crippen LogP contribution in [-0.4, -0.2) is 28.3 Å². The summed E-state index contributed by atoms with van der Waals surface area (Å²) >= 11 is 0. The Kier molecular flexibility index (Phi) is 4.97. The lowest BCUT2D eigenvalue weighted by molar-refractivity contribution is 0.592. The molecule has 1 N–H and O–H groups in total. The van der Waals surface area contributed by atoms with Crippen molar-refractivity contribution in [2.45, 2.75) is 51.9 Å². The molecule has 2 aromatic rings. The van der Waals surface area contributed by atoms with E-state index >= 15 is 0 Å². The van der Waals surface area contributed by atoms with Crippen LogP contribution < -0.4 is 10.2 Å². The van der Waals surface area contributed by atoms with Gasteiger partial charge in [0.15, 0.2) is 5.82 Å². The molecule has 0 bridgehead atoms. The first-order valence-corrected chi connectivity index (χ1v) is 8.85. The molecule has 0 radical (unpaired) electrons. The highest BCUT2D eigenvalue weighted by Gasteiger charge is 2.18. The molecule has 3 rings (SSSR count). The fourth-order valence-corrected chi connectivity index (χ4v) is 3.14. The highest BCUT2D eigenvalue weighted by atomic mass is 15.3. The first kappa shape index (κ1) is 16.7. The van der Waals surface area contributed by atoms with Gasteiger partial charge < -0.3 is 10.2 Å². The van der Waals surface area contributed by atoms with Crippen LogP contribution in [-0.2, 0) is 5.41 Å². The van der Waals surface area contributed by atoms with E-state index in [4.69, 9.17) is 4.98 Å². The van der Waals surface area contributed by atoms with Crippen molar-refractivity contribution < 1.29 is 0 Å². The van der Waals surface area contributed by atoms with Crippen molar-refractivity contribution in [1.82, 2.24) is 15.2 Å². The summed E-state index contributed by atoms with van der Waals surface area (Å²) in [7, 11) is 0. The van der Waals surface area contributed by atoms with Crippen LogP contribution in [0.15, 0.2) is 30.5 Å². The summed E-state index contributed by atoms with van der Waals surface area (Å²) in [6, 6.07) is 8.37. The lowest BCUT2D eigenvalue weighted by Gasteiger charge is -2.23. The standard InChI is InChI=1S/C19H27N5/c1-19(2,3)15-10-6-7-11-16(15)21-17-14-20-23-18(22-17)24-12-8-4-5-9-13-24/h6-7,10-11,14H,4-5,8-9,12-13H2,1-3H3,(H,21,22,23). The van der Waals surface area contributed by atoms with E-state index in [9.17, 15) is 0 Å². The van der Waals surface area contributed by atoms with Crippen molar-refractivity contribution in [2.24, 2.45) is 0 Å². The molecule has 5 nitrogen and oxygen atoms in total. The van der Waals surface area contributed by atoms with Crippen LogP contribution in [0.2, 0.25) is 0 Å². The summed E-state index contributed by atoms with van der Waals surface area (Å²) < 4.78 is 0. The summed E-state index contributed by atoms with van der Waals surface area (Å²) in [6.07, 6.45) is 6.68. The number of aromatic nitrogens is 3. The average molecular weight is 325 g/mol. The van der Waals surface area contributed by atoms with Gasteiger partial charge in [-0.2, -0.15) is 10.1 Å². The van der Waals surface area contributed by atoms with E-state index in [-0.39, 0.29) is 5.41 Å². The third-order valence-corrected chi connectivity index (χ3v) is 4.43. The molecular weight excluding hydrogens is 298 g/mol. The van der Waals surface area contributed by atoms with E-state index in [0.29, 0.717) is 0 Å². The average Bonchev–Trinajstić information content (AvgIpc) is 2.84. The van der Waals surface area contributed by atoms with Gasteiger partial charge in [-0.3, -0.25) is 0 Å². The molecule has 24 heavy (non-hydrogen) atoms. The Morgan fingerprint density at radius 1 is 1.00 bits per heavy atom. The quantitative estimate of drug-likeness (QED) is 0.912. The molecule has 0 aliphatic carbocycles. The predicted octanol–water partition coefficient (Wildman–Crippen LogP) is 4.29. The predicted molar refractivity (Wildman–Crippen MR) is 98.9 cm³/mol. The van der Waals surface area contributed by atoms with E-state index < -0.39 is 0 Å². The molecular formula is C19H27N5. The van der Waals surface area contributed by atoms with Gasteiger partial charge in [-0.1, -0.05) is 51.8 Å². The molecule has 0 unspecified atom stereocenters. The number of benzene rings is 1. The van der Waals surface area contributed by atoms with Crippen LogP contribution in [0.5, 0.6) is 0 Å². The molecule has 1 aromatic heterocycles. The normalized spacial score (nSPS) is 15.9. The zero-order valence-electron chi connectivity index (χ0n) is 14.9. The molecule has 1 fully saturated rings. The highest BCUT2D eigenvalue weighted by molar-refractivity contribution is 5.62. The Hall–Kier alpha value is -2.17. The fourth-order valence-electron chi connectivity index (χ4n) is 3.14. The van der Waals surface area contributed by atoms with Crippen LogP contribution in [0.4, 0.5) is 17.5 Å². The van der Waals surface area contributed by atoms with E-state index in [1.54, 1.807) is 6.20 Å². The number of anilines is 3. The van der Waals surface area contributed by atoms with Gasteiger partial charge in [0.25, 0.3) is 0 Å². The smallest absolute Gasteiger partial charge is 0.247 e. The molecule has 1 aromatic carbocycles. The summed E-state index contributed by atoms with van der Waals surface area (Å²) in [5.41, 5.74) is 2.41. The molecule has 0 saturated carbocycles. The van der Waals surface area contributed by atoms with Crippen molar-refractivity contribution in [3.8, 4) is 0 Å². The van der Waals surface area contributed by atoms with Gasteiger partial charge in [-0.15, -0.1) is 5.10 Å². The molecule has 0 spiro atoms. The largest absolute Gasteiger partial charge is 0.339 e. The minimum Gasteiger partial charge on any atom is -0.339 e. The Labute approximate surface area is 144 Å². The van der Waals surface area contributed by atoms with Gasteiger partial charge in [0.1, 0.15) is 0 Å². The SMILES string of the molecule is CC(C)(C)c1ccccc1Nc1cnnc(N2CCCCCC2)n1. The van der Waals surface area contributed by atoms with Gasteiger partial charge >= 0.3 is 0 Å². The molecule has 1 saturated heterocycles. The first-order valence-electron chi connectivity index (χ1n) is 8.85. The maximum absolute atomic E-state index is 4.70. The van der Waals surface area contributed by atoms with Crippen LogP contribution in [0, 0.1) is 0 Å². The van der Waals surface area contributed by atoms with Crippen LogP contribution in [0.1, 0.15) is 52.0 Å². The second-order valence-electron chi connectivity index (χ2n) is 7.46. The maximum atomic E-state index is 4.70. The fraction of sp³-hybridized carbons (Fsp3) is 0.526. The second kappa shape index (κ2) is 7.16. The number of rotatable bonds is 3. The number of nitrogens with one attached hydrogen (secondary N) is 1. The Morgan fingerprint density at radius 3 is 2.42 bits per heavy atom. The second-order valence-corrected chi connectivity index (χ2v) is 7.46. The molecule has 5 heteroatoms. The summed E-state index contributed by atoms with van der Waals surface area (Å²) in [5, 5.41) is 11.8. The lowest BCUT2D eigenvalue weighted by atomic mass is 9.86. The van der Waals surface area contributed by atoms with Gasteiger partial charge in [0, 0.05) is 18.8 Å². The lowest BCUT2D eigenvalue weighted by Crippen LogP contribution is -2.26. The van der Waals surface area contributed by atoms with Crippen molar-refractivity contribution in [1.29, 1.82) is 0 Å². The Morgan fingerprint density at radius 2 is 1.71 bits per heavy atom. The van der Waals surface area contributed by atoms with Gasteiger partial charge in [-0.05, 0) is 29.9 Å². The number of para-hydroxylation sites is 1. The zero-order valence-corrected chi connectivity index (χ0v) is 14.9. The third kappa shape index (κ3) is 4.02.